The van der Waals surface area contributed by atoms with Crippen molar-refractivity contribution in [2.75, 3.05) is 13.1 Å². The second-order valence-electron chi connectivity index (χ2n) is 5.51. The molecule has 0 aromatic heterocycles. The standard InChI is InChI=1S/C13H24N2O/c1-3-10(2)15-12(16)13-7-5-4-6-11(13)8-14-9-13/h10-11,14H,3-9H2,1-2H3,(H,15,16)/t10?,11-,13+/m0/s1. The predicted molar refractivity (Wildman–Crippen MR) is 65.2 cm³/mol. The summed E-state index contributed by atoms with van der Waals surface area (Å²) in [5.74, 6) is 0.877. The first-order chi connectivity index (χ1) is 7.69. The fraction of sp³-hybridized carbons (Fsp3) is 0.923. The first-order valence-electron chi connectivity index (χ1n) is 6.70. The molecule has 1 amide bonds. The molecule has 3 nitrogen and oxygen atoms in total. The molecule has 0 aromatic rings. The normalized spacial score (nSPS) is 35.5. The number of hydrogen-bond donors (Lipinski definition) is 2. The second-order valence-corrected chi connectivity index (χ2v) is 5.51. The van der Waals surface area contributed by atoms with E-state index in [-0.39, 0.29) is 5.41 Å². The summed E-state index contributed by atoms with van der Waals surface area (Å²) in [4.78, 5) is 12.4. The van der Waals surface area contributed by atoms with E-state index in [2.05, 4.69) is 24.5 Å². The molecule has 3 heteroatoms. The Kier molecular flexibility index (Phi) is 3.53. The van der Waals surface area contributed by atoms with Gasteiger partial charge < -0.3 is 10.6 Å². The van der Waals surface area contributed by atoms with Crippen molar-refractivity contribution in [3.8, 4) is 0 Å². The average molecular weight is 224 g/mol. The molecule has 2 N–H and O–H groups in total. The first kappa shape index (κ1) is 11.9. The molecule has 0 radical (unpaired) electrons. The average Bonchev–Trinajstić information content (AvgIpc) is 2.73. The molecule has 1 saturated carbocycles. The van der Waals surface area contributed by atoms with Crippen LogP contribution < -0.4 is 10.6 Å². The summed E-state index contributed by atoms with van der Waals surface area (Å²) in [7, 11) is 0. The molecule has 0 bridgehead atoms. The second kappa shape index (κ2) is 4.74. The van der Waals surface area contributed by atoms with Crippen LogP contribution in [-0.4, -0.2) is 25.0 Å². The number of amides is 1. The summed E-state index contributed by atoms with van der Waals surface area (Å²) in [5.41, 5.74) is -0.0817. The third-order valence-corrected chi connectivity index (χ3v) is 4.48. The van der Waals surface area contributed by atoms with E-state index in [1.54, 1.807) is 0 Å². The van der Waals surface area contributed by atoms with E-state index in [0.717, 1.165) is 25.9 Å². The Bertz CT molecular complexity index is 267. The zero-order valence-electron chi connectivity index (χ0n) is 10.5. The molecule has 1 aliphatic carbocycles. The van der Waals surface area contributed by atoms with Gasteiger partial charge in [-0.25, -0.2) is 0 Å². The summed E-state index contributed by atoms with van der Waals surface area (Å²) < 4.78 is 0. The quantitative estimate of drug-likeness (QED) is 0.766. The molecule has 2 fully saturated rings. The van der Waals surface area contributed by atoms with Gasteiger partial charge in [0.05, 0.1) is 5.41 Å². The van der Waals surface area contributed by atoms with Crippen molar-refractivity contribution in [2.24, 2.45) is 11.3 Å². The van der Waals surface area contributed by atoms with Gasteiger partial charge in [0.25, 0.3) is 0 Å². The maximum atomic E-state index is 12.4. The van der Waals surface area contributed by atoms with Gasteiger partial charge in [-0.3, -0.25) is 4.79 Å². The Hall–Kier alpha value is -0.570. The molecule has 0 spiro atoms. The fourth-order valence-corrected chi connectivity index (χ4v) is 3.16. The largest absolute Gasteiger partial charge is 0.353 e. The molecular weight excluding hydrogens is 200 g/mol. The van der Waals surface area contributed by atoms with E-state index in [0.29, 0.717) is 17.9 Å². The molecule has 1 saturated heterocycles. The van der Waals surface area contributed by atoms with Crippen molar-refractivity contribution in [2.45, 2.75) is 52.0 Å². The van der Waals surface area contributed by atoms with Gasteiger partial charge in [0.15, 0.2) is 0 Å². The lowest BCUT2D eigenvalue weighted by molar-refractivity contribution is -0.134. The van der Waals surface area contributed by atoms with E-state index in [1.165, 1.54) is 19.3 Å². The molecule has 1 unspecified atom stereocenters. The Morgan fingerprint density at radius 3 is 3.12 bits per heavy atom. The van der Waals surface area contributed by atoms with Gasteiger partial charge in [0.2, 0.25) is 5.91 Å². The highest BCUT2D eigenvalue weighted by Crippen LogP contribution is 2.43. The number of rotatable bonds is 3. The van der Waals surface area contributed by atoms with E-state index in [4.69, 9.17) is 0 Å². The minimum Gasteiger partial charge on any atom is -0.353 e. The van der Waals surface area contributed by atoms with Gasteiger partial charge in [0, 0.05) is 12.6 Å². The van der Waals surface area contributed by atoms with Crippen LogP contribution in [-0.2, 0) is 4.79 Å². The molecule has 2 rings (SSSR count). The van der Waals surface area contributed by atoms with Crippen molar-refractivity contribution in [1.82, 2.24) is 10.6 Å². The van der Waals surface area contributed by atoms with Crippen LogP contribution >= 0.6 is 0 Å². The molecule has 1 aliphatic heterocycles. The zero-order valence-corrected chi connectivity index (χ0v) is 10.5. The van der Waals surface area contributed by atoms with Gasteiger partial charge >= 0.3 is 0 Å². The lowest BCUT2D eigenvalue weighted by atomic mass is 9.67. The smallest absolute Gasteiger partial charge is 0.228 e. The number of nitrogens with one attached hydrogen (secondary N) is 2. The molecule has 2 aliphatic rings. The van der Waals surface area contributed by atoms with E-state index in [9.17, 15) is 4.79 Å². The van der Waals surface area contributed by atoms with Gasteiger partial charge in [0.1, 0.15) is 0 Å². The monoisotopic (exact) mass is 224 g/mol. The Labute approximate surface area is 98.4 Å². The van der Waals surface area contributed by atoms with Crippen LogP contribution in [0.25, 0.3) is 0 Å². The predicted octanol–water partition coefficient (Wildman–Crippen LogP) is 1.68. The van der Waals surface area contributed by atoms with Crippen LogP contribution in [0.15, 0.2) is 0 Å². The van der Waals surface area contributed by atoms with Gasteiger partial charge in [-0.15, -0.1) is 0 Å². The summed E-state index contributed by atoms with van der Waals surface area (Å²) in [5, 5.41) is 6.60. The van der Waals surface area contributed by atoms with Gasteiger partial charge in [-0.05, 0) is 38.6 Å². The molecular formula is C13H24N2O. The zero-order chi connectivity index (χ0) is 11.6. The topological polar surface area (TPSA) is 41.1 Å². The molecule has 3 atom stereocenters. The van der Waals surface area contributed by atoms with Crippen LogP contribution in [0.2, 0.25) is 0 Å². The Morgan fingerprint density at radius 2 is 2.38 bits per heavy atom. The van der Waals surface area contributed by atoms with Crippen LogP contribution in [0.1, 0.15) is 46.0 Å². The molecule has 0 aromatic carbocycles. The minimum atomic E-state index is -0.0817. The summed E-state index contributed by atoms with van der Waals surface area (Å²) >= 11 is 0. The van der Waals surface area contributed by atoms with Crippen LogP contribution in [0.5, 0.6) is 0 Å². The third kappa shape index (κ3) is 1.97. The van der Waals surface area contributed by atoms with Crippen molar-refractivity contribution < 1.29 is 4.79 Å². The van der Waals surface area contributed by atoms with Gasteiger partial charge in [-0.1, -0.05) is 19.8 Å². The van der Waals surface area contributed by atoms with Crippen molar-refractivity contribution in [1.29, 1.82) is 0 Å². The molecule has 16 heavy (non-hydrogen) atoms. The lowest BCUT2D eigenvalue weighted by Gasteiger charge is -2.37. The van der Waals surface area contributed by atoms with Crippen LogP contribution in [0.4, 0.5) is 0 Å². The van der Waals surface area contributed by atoms with Gasteiger partial charge in [-0.2, -0.15) is 0 Å². The summed E-state index contributed by atoms with van der Waals surface area (Å²) in [6.07, 6.45) is 5.82. The number of carbonyl (C=O) groups excluding carboxylic acids is 1. The maximum Gasteiger partial charge on any atom is 0.228 e. The Balaban J connectivity index is 2.06. The van der Waals surface area contributed by atoms with E-state index < -0.39 is 0 Å². The van der Waals surface area contributed by atoms with Crippen molar-refractivity contribution in [3.63, 3.8) is 0 Å². The SMILES string of the molecule is CCC(C)NC(=O)[C@@]12CCCC[C@H]1CNC2. The first-order valence-corrected chi connectivity index (χ1v) is 6.70. The summed E-state index contributed by atoms with van der Waals surface area (Å²) in [6.45, 7) is 6.14. The van der Waals surface area contributed by atoms with Crippen molar-refractivity contribution in [3.05, 3.63) is 0 Å². The maximum absolute atomic E-state index is 12.4. The molecule has 92 valence electrons. The lowest BCUT2D eigenvalue weighted by Crippen LogP contribution is -2.50. The third-order valence-electron chi connectivity index (χ3n) is 4.48. The highest BCUT2D eigenvalue weighted by atomic mass is 16.2. The number of carbonyl (C=O) groups is 1. The van der Waals surface area contributed by atoms with Crippen LogP contribution in [0.3, 0.4) is 0 Å². The highest BCUT2D eigenvalue weighted by molar-refractivity contribution is 5.84. The minimum absolute atomic E-state index is 0.0817. The van der Waals surface area contributed by atoms with E-state index in [1.807, 2.05) is 0 Å². The highest BCUT2D eigenvalue weighted by Gasteiger charge is 2.49. The number of hydrogen-bond acceptors (Lipinski definition) is 2. The Morgan fingerprint density at radius 1 is 1.56 bits per heavy atom. The molecule has 1 heterocycles. The van der Waals surface area contributed by atoms with Crippen molar-refractivity contribution >= 4 is 5.91 Å². The number of fused-ring (bicyclic) bond motifs is 1. The van der Waals surface area contributed by atoms with Crippen LogP contribution in [0, 0.1) is 11.3 Å². The van der Waals surface area contributed by atoms with E-state index >= 15 is 0 Å². The fourth-order valence-electron chi connectivity index (χ4n) is 3.16. The summed E-state index contributed by atoms with van der Waals surface area (Å²) in [6, 6.07) is 0.310.